The number of esters is 1. The minimum absolute atomic E-state index is 0.140. The Morgan fingerprint density at radius 2 is 2.11 bits per heavy atom. The largest absolute Gasteiger partial charge is 0.472 e. The molecule has 96 valence electrons. The van der Waals surface area contributed by atoms with E-state index < -0.39 is 5.97 Å². The Morgan fingerprint density at radius 3 is 2.61 bits per heavy atom. The van der Waals surface area contributed by atoms with Gasteiger partial charge in [-0.3, -0.25) is 0 Å². The number of carbonyl (C=O) groups excluding carboxylic acids is 1. The molecule has 0 unspecified atom stereocenters. The van der Waals surface area contributed by atoms with Gasteiger partial charge in [0, 0.05) is 5.41 Å². The molecule has 2 heterocycles. The highest BCUT2D eigenvalue weighted by molar-refractivity contribution is 5.88. The van der Waals surface area contributed by atoms with Crippen molar-refractivity contribution in [2.45, 2.75) is 26.2 Å². The van der Waals surface area contributed by atoms with Crippen LogP contribution in [0.1, 0.15) is 37.0 Å². The van der Waals surface area contributed by atoms with E-state index in [9.17, 15) is 4.79 Å². The van der Waals surface area contributed by atoms with E-state index in [0.29, 0.717) is 17.1 Å². The molecule has 0 aromatic carbocycles. The van der Waals surface area contributed by atoms with Gasteiger partial charge in [-0.25, -0.2) is 9.78 Å². The number of rotatable bonds is 2. The maximum absolute atomic E-state index is 11.7. The molecule has 5 nitrogen and oxygen atoms in total. The van der Waals surface area contributed by atoms with Crippen LogP contribution in [-0.4, -0.2) is 18.1 Å². The van der Waals surface area contributed by atoms with Crippen LogP contribution in [0.25, 0.3) is 11.5 Å². The van der Waals surface area contributed by atoms with Crippen LogP contribution in [0.2, 0.25) is 0 Å². The smallest absolute Gasteiger partial charge is 0.376 e. The highest BCUT2D eigenvalue weighted by Gasteiger charge is 2.30. The van der Waals surface area contributed by atoms with Gasteiger partial charge in [-0.05, 0) is 6.07 Å². The first-order chi connectivity index (χ1) is 8.43. The highest BCUT2D eigenvalue weighted by atomic mass is 16.5. The van der Waals surface area contributed by atoms with E-state index in [1.165, 1.54) is 19.6 Å². The fraction of sp³-hybridized carbons (Fsp3) is 0.385. The summed E-state index contributed by atoms with van der Waals surface area (Å²) in [7, 11) is 1.31. The maximum Gasteiger partial charge on any atom is 0.376 e. The van der Waals surface area contributed by atoms with Gasteiger partial charge in [0.25, 0.3) is 0 Å². The van der Waals surface area contributed by atoms with E-state index >= 15 is 0 Å². The van der Waals surface area contributed by atoms with Gasteiger partial charge in [0.15, 0.2) is 0 Å². The zero-order valence-corrected chi connectivity index (χ0v) is 10.8. The first-order valence-electron chi connectivity index (χ1n) is 5.55. The normalized spacial score (nSPS) is 11.6. The summed E-state index contributed by atoms with van der Waals surface area (Å²) in [5.74, 6) is -0.0301. The zero-order chi connectivity index (χ0) is 13.3. The molecule has 2 aromatic heterocycles. The van der Waals surface area contributed by atoms with Gasteiger partial charge in [-0.2, -0.15) is 0 Å². The fourth-order valence-corrected chi connectivity index (χ4v) is 1.57. The standard InChI is InChI=1S/C13H15NO4/c1-13(2,3)10-9(12(15)16-4)18-11(14-10)8-5-6-17-7-8/h5-7H,1-4H3. The lowest BCUT2D eigenvalue weighted by molar-refractivity contribution is 0.0562. The Morgan fingerprint density at radius 1 is 1.39 bits per heavy atom. The van der Waals surface area contributed by atoms with Crippen molar-refractivity contribution < 1.29 is 18.4 Å². The number of nitrogens with zero attached hydrogens (tertiary/aromatic N) is 1. The van der Waals surface area contributed by atoms with Crippen molar-refractivity contribution in [3.63, 3.8) is 0 Å². The Labute approximate surface area is 105 Å². The Balaban J connectivity index is 2.54. The SMILES string of the molecule is COC(=O)c1oc(-c2ccoc2)nc1C(C)(C)C. The fourth-order valence-electron chi connectivity index (χ4n) is 1.57. The lowest BCUT2D eigenvalue weighted by atomic mass is 9.91. The van der Waals surface area contributed by atoms with Crippen molar-refractivity contribution in [3.8, 4) is 11.5 Å². The van der Waals surface area contributed by atoms with Crippen molar-refractivity contribution >= 4 is 5.97 Å². The molecule has 0 aliphatic rings. The molecule has 0 spiro atoms. The van der Waals surface area contributed by atoms with Gasteiger partial charge < -0.3 is 13.6 Å². The number of hydrogen-bond acceptors (Lipinski definition) is 5. The molecule has 0 aliphatic heterocycles. The van der Waals surface area contributed by atoms with Crippen LogP contribution in [0.5, 0.6) is 0 Å². The van der Waals surface area contributed by atoms with Crippen LogP contribution in [0, 0.1) is 0 Å². The number of methoxy groups -OCH3 is 1. The first kappa shape index (κ1) is 12.4. The lowest BCUT2D eigenvalue weighted by Gasteiger charge is -2.15. The van der Waals surface area contributed by atoms with Gasteiger partial charge in [-0.15, -0.1) is 0 Å². The zero-order valence-electron chi connectivity index (χ0n) is 10.8. The summed E-state index contributed by atoms with van der Waals surface area (Å²) in [5, 5.41) is 0. The average molecular weight is 249 g/mol. The third kappa shape index (κ3) is 2.16. The van der Waals surface area contributed by atoms with Crippen LogP contribution in [-0.2, 0) is 10.2 Å². The van der Waals surface area contributed by atoms with E-state index in [1.54, 1.807) is 6.07 Å². The number of hydrogen-bond donors (Lipinski definition) is 0. The molecule has 18 heavy (non-hydrogen) atoms. The molecular weight excluding hydrogens is 234 g/mol. The van der Waals surface area contributed by atoms with Crippen molar-refractivity contribution in [3.05, 3.63) is 30.0 Å². The summed E-state index contributed by atoms with van der Waals surface area (Å²) >= 11 is 0. The van der Waals surface area contributed by atoms with Gasteiger partial charge in [0.1, 0.15) is 12.0 Å². The van der Waals surface area contributed by atoms with Gasteiger partial charge >= 0.3 is 5.97 Å². The van der Waals surface area contributed by atoms with E-state index in [4.69, 9.17) is 13.6 Å². The molecule has 0 saturated heterocycles. The molecule has 0 N–H and O–H groups in total. The molecule has 0 fully saturated rings. The summed E-state index contributed by atoms with van der Waals surface area (Å²) in [6.07, 6.45) is 3.04. The summed E-state index contributed by atoms with van der Waals surface area (Å²) in [6, 6.07) is 1.72. The van der Waals surface area contributed by atoms with Crippen LogP contribution < -0.4 is 0 Å². The average Bonchev–Trinajstić information content (AvgIpc) is 2.94. The number of oxazole rings is 1. The van der Waals surface area contributed by atoms with Crippen molar-refractivity contribution in [2.75, 3.05) is 7.11 Å². The molecule has 0 radical (unpaired) electrons. The van der Waals surface area contributed by atoms with Crippen molar-refractivity contribution in [2.24, 2.45) is 0 Å². The Hall–Kier alpha value is -2.04. The third-order valence-electron chi connectivity index (χ3n) is 2.48. The molecule has 2 rings (SSSR count). The first-order valence-corrected chi connectivity index (χ1v) is 5.55. The number of aromatic nitrogens is 1. The van der Waals surface area contributed by atoms with Crippen LogP contribution >= 0.6 is 0 Å². The second kappa shape index (κ2) is 4.33. The minimum Gasteiger partial charge on any atom is -0.472 e. The molecule has 2 aromatic rings. The van der Waals surface area contributed by atoms with Crippen LogP contribution in [0.15, 0.2) is 27.4 Å². The van der Waals surface area contributed by atoms with E-state index in [1.807, 2.05) is 20.8 Å². The molecule has 0 amide bonds. The third-order valence-corrected chi connectivity index (χ3v) is 2.48. The number of carbonyl (C=O) groups is 1. The highest BCUT2D eigenvalue weighted by Crippen LogP contribution is 2.30. The molecule has 0 saturated carbocycles. The quantitative estimate of drug-likeness (QED) is 0.765. The Kier molecular flexibility index (Phi) is 2.98. The maximum atomic E-state index is 11.7. The second-order valence-electron chi connectivity index (χ2n) is 4.95. The second-order valence-corrected chi connectivity index (χ2v) is 4.95. The van der Waals surface area contributed by atoms with Crippen molar-refractivity contribution in [1.82, 2.24) is 4.98 Å². The molecule has 0 atom stereocenters. The Bertz CT molecular complexity index is 546. The topological polar surface area (TPSA) is 65.5 Å². The predicted octanol–water partition coefficient (Wildman–Crippen LogP) is 3.02. The lowest BCUT2D eigenvalue weighted by Crippen LogP contribution is -2.17. The van der Waals surface area contributed by atoms with E-state index in [2.05, 4.69) is 4.98 Å². The number of furan rings is 1. The molecule has 0 bridgehead atoms. The molecular formula is C13H15NO4. The summed E-state index contributed by atoms with van der Waals surface area (Å²) in [6.45, 7) is 5.86. The summed E-state index contributed by atoms with van der Waals surface area (Å²) in [4.78, 5) is 16.0. The minimum atomic E-state index is -0.526. The van der Waals surface area contributed by atoms with Gasteiger partial charge in [-0.1, -0.05) is 20.8 Å². The van der Waals surface area contributed by atoms with Crippen molar-refractivity contribution in [1.29, 1.82) is 0 Å². The summed E-state index contributed by atoms with van der Waals surface area (Å²) < 4.78 is 15.2. The molecule has 5 heteroatoms. The number of ether oxygens (including phenoxy) is 1. The summed E-state index contributed by atoms with van der Waals surface area (Å²) in [5.41, 5.74) is 0.954. The van der Waals surface area contributed by atoms with Crippen LogP contribution in [0.4, 0.5) is 0 Å². The predicted molar refractivity (Wildman–Crippen MR) is 64.2 cm³/mol. The van der Waals surface area contributed by atoms with Gasteiger partial charge in [0.05, 0.1) is 18.9 Å². The van der Waals surface area contributed by atoms with Crippen LogP contribution in [0.3, 0.4) is 0 Å². The van der Waals surface area contributed by atoms with E-state index in [0.717, 1.165) is 0 Å². The van der Waals surface area contributed by atoms with Gasteiger partial charge in [0.2, 0.25) is 11.7 Å². The monoisotopic (exact) mass is 249 g/mol. The van der Waals surface area contributed by atoms with E-state index in [-0.39, 0.29) is 11.2 Å². The molecule has 0 aliphatic carbocycles.